The molecule has 3 heterocycles. The molecule has 3 amide bonds. The number of aryl methyl sites for hydroxylation is 1. The van der Waals surface area contributed by atoms with E-state index in [1.54, 1.807) is 29.9 Å². The van der Waals surface area contributed by atoms with Crippen LogP contribution in [-0.2, 0) is 26.7 Å². The summed E-state index contributed by atoms with van der Waals surface area (Å²) in [6.07, 6.45) is 4.01. The summed E-state index contributed by atoms with van der Waals surface area (Å²) < 4.78 is 27.1. The molecule has 11 heteroatoms. The van der Waals surface area contributed by atoms with Crippen LogP contribution in [0.2, 0.25) is 0 Å². The molecule has 154 valence electrons. The molecule has 3 rings (SSSR count). The molecule has 0 aromatic carbocycles. The van der Waals surface area contributed by atoms with Crippen LogP contribution in [0, 0.1) is 0 Å². The van der Waals surface area contributed by atoms with Gasteiger partial charge in [-0.2, -0.15) is 4.31 Å². The molecule has 2 aliphatic rings. The Bertz CT molecular complexity index is 880. The minimum atomic E-state index is -3.66. The monoisotopic (exact) mass is 411 g/mol. The van der Waals surface area contributed by atoms with Crippen LogP contribution in [0.15, 0.2) is 18.3 Å². The lowest BCUT2D eigenvalue weighted by molar-refractivity contribution is -0.132. The van der Waals surface area contributed by atoms with E-state index in [9.17, 15) is 22.8 Å². The van der Waals surface area contributed by atoms with E-state index in [2.05, 4.69) is 10.6 Å². The third kappa shape index (κ3) is 4.20. The van der Waals surface area contributed by atoms with E-state index >= 15 is 0 Å². The van der Waals surface area contributed by atoms with Crippen molar-refractivity contribution in [3.63, 3.8) is 0 Å². The van der Waals surface area contributed by atoms with Gasteiger partial charge in [0.25, 0.3) is 5.91 Å². The number of amides is 3. The highest BCUT2D eigenvalue weighted by molar-refractivity contribution is 7.88. The zero-order valence-corrected chi connectivity index (χ0v) is 16.7. The molecule has 10 nitrogen and oxygen atoms in total. The van der Waals surface area contributed by atoms with Gasteiger partial charge in [-0.25, -0.2) is 8.42 Å². The first-order valence-electron chi connectivity index (χ1n) is 9.14. The van der Waals surface area contributed by atoms with Crippen molar-refractivity contribution in [3.8, 4) is 0 Å². The van der Waals surface area contributed by atoms with Gasteiger partial charge in [0, 0.05) is 39.4 Å². The van der Waals surface area contributed by atoms with E-state index in [1.165, 1.54) is 4.90 Å². The highest BCUT2D eigenvalue weighted by atomic mass is 32.2. The molecule has 1 aromatic heterocycles. The lowest BCUT2D eigenvalue weighted by Gasteiger charge is -2.39. The smallest absolute Gasteiger partial charge is 0.270 e. The van der Waals surface area contributed by atoms with Crippen molar-refractivity contribution in [2.24, 2.45) is 7.05 Å². The number of hydrogen-bond acceptors (Lipinski definition) is 5. The molecule has 0 spiro atoms. The molecule has 1 aromatic rings. The molecule has 0 unspecified atom stereocenters. The predicted molar refractivity (Wildman–Crippen MR) is 101 cm³/mol. The number of aromatic nitrogens is 1. The van der Waals surface area contributed by atoms with Gasteiger partial charge >= 0.3 is 0 Å². The van der Waals surface area contributed by atoms with Gasteiger partial charge in [-0.3, -0.25) is 14.4 Å². The maximum Gasteiger partial charge on any atom is 0.270 e. The Kier molecular flexibility index (Phi) is 5.75. The molecular formula is C17H25N5O5S. The molecule has 2 aliphatic heterocycles. The summed E-state index contributed by atoms with van der Waals surface area (Å²) >= 11 is 0. The lowest BCUT2D eigenvalue weighted by Crippen LogP contribution is -2.63. The Hall–Kier alpha value is -2.40. The highest BCUT2D eigenvalue weighted by Gasteiger charge is 2.40. The molecule has 2 atom stereocenters. The van der Waals surface area contributed by atoms with Gasteiger partial charge in [-0.05, 0) is 25.0 Å². The SMILES string of the molecule is Cn1cccc1C(=O)N1CCN(S(C)(=O)=O)[C@H](C(=O)N[C@H]2CCCNC2=O)C1. The van der Waals surface area contributed by atoms with Crippen molar-refractivity contribution in [3.05, 3.63) is 24.0 Å². The molecule has 2 fully saturated rings. The number of rotatable bonds is 4. The van der Waals surface area contributed by atoms with Gasteiger partial charge in [-0.1, -0.05) is 0 Å². The fraction of sp³-hybridized carbons (Fsp3) is 0.588. The Morgan fingerprint density at radius 1 is 1.29 bits per heavy atom. The van der Waals surface area contributed by atoms with Crippen LogP contribution in [-0.4, -0.2) is 84.4 Å². The minimum absolute atomic E-state index is 0.0178. The molecule has 2 N–H and O–H groups in total. The Morgan fingerprint density at radius 3 is 2.64 bits per heavy atom. The molecule has 28 heavy (non-hydrogen) atoms. The van der Waals surface area contributed by atoms with Crippen LogP contribution in [0.3, 0.4) is 0 Å². The van der Waals surface area contributed by atoms with Crippen molar-refractivity contribution in [1.29, 1.82) is 0 Å². The normalized spacial score (nSPS) is 23.9. The average molecular weight is 411 g/mol. The van der Waals surface area contributed by atoms with Crippen molar-refractivity contribution in [1.82, 2.24) is 24.4 Å². The summed E-state index contributed by atoms with van der Waals surface area (Å²) in [6.45, 7) is 0.690. The molecule has 0 bridgehead atoms. The predicted octanol–water partition coefficient (Wildman–Crippen LogP) is -1.49. The minimum Gasteiger partial charge on any atom is -0.354 e. The molecule has 0 saturated carbocycles. The van der Waals surface area contributed by atoms with Gasteiger partial charge in [0.1, 0.15) is 17.8 Å². The summed E-state index contributed by atoms with van der Waals surface area (Å²) in [7, 11) is -1.91. The van der Waals surface area contributed by atoms with Crippen molar-refractivity contribution < 1.29 is 22.8 Å². The fourth-order valence-corrected chi connectivity index (χ4v) is 4.62. The Balaban J connectivity index is 1.79. The summed E-state index contributed by atoms with van der Waals surface area (Å²) in [5.74, 6) is -1.12. The summed E-state index contributed by atoms with van der Waals surface area (Å²) in [5.41, 5.74) is 0.457. The summed E-state index contributed by atoms with van der Waals surface area (Å²) in [4.78, 5) is 39.0. The maximum absolute atomic E-state index is 12.9. The maximum atomic E-state index is 12.9. The number of hydrogen-bond donors (Lipinski definition) is 2. The number of piperidine rings is 1. The van der Waals surface area contributed by atoms with Gasteiger partial charge in [0.2, 0.25) is 21.8 Å². The van der Waals surface area contributed by atoms with Gasteiger partial charge < -0.3 is 20.1 Å². The fourth-order valence-electron chi connectivity index (χ4n) is 3.58. The molecule has 0 aliphatic carbocycles. The average Bonchev–Trinajstić information content (AvgIpc) is 3.07. The van der Waals surface area contributed by atoms with E-state index < -0.39 is 28.0 Å². The van der Waals surface area contributed by atoms with Crippen molar-refractivity contribution in [2.75, 3.05) is 32.4 Å². The standard InChI is InChI=1S/C17H25N5O5S/c1-20-8-4-6-13(20)17(25)21-9-10-22(28(2,26)27)14(11-21)16(24)19-12-5-3-7-18-15(12)23/h4,6,8,12,14H,3,5,7,9-11H2,1-2H3,(H,18,23)(H,19,24)/t12-,14-/m0/s1. The zero-order chi connectivity index (χ0) is 20.5. The highest BCUT2D eigenvalue weighted by Crippen LogP contribution is 2.17. The molecule has 0 radical (unpaired) electrons. The second kappa shape index (κ2) is 7.92. The van der Waals surface area contributed by atoms with Crippen LogP contribution in [0.4, 0.5) is 0 Å². The van der Waals surface area contributed by atoms with E-state index in [0.29, 0.717) is 18.7 Å². The topological polar surface area (TPSA) is 121 Å². The van der Waals surface area contributed by atoms with E-state index in [0.717, 1.165) is 17.0 Å². The van der Waals surface area contributed by atoms with E-state index in [-0.39, 0.29) is 31.4 Å². The Morgan fingerprint density at radius 2 is 2.04 bits per heavy atom. The molecular weight excluding hydrogens is 386 g/mol. The van der Waals surface area contributed by atoms with Crippen LogP contribution in [0.1, 0.15) is 23.3 Å². The van der Waals surface area contributed by atoms with E-state index in [4.69, 9.17) is 0 Å². The van der Waals surface area contributed by atoms with Crippen molar-refractivity contribution in [2.45, 2.75) is 24.9 Å². The van der Waals surface area contributed by atoms with Crippen LogP contribution < -0.4 is 10.6 Å². The van der Waals surface area contributed by atoms with Crippen LogP contribution in [0.25, 0.3) is 0 Å². The summed E-state index contributed by atoms with van der Waals surface area (Å²) in [6, 6.07) is 1.64. The van der Waals surface area contributed by atoms with Gasteiger partial charge in [-0.15, -0.1) is 0 Å². The number of carbonyl (C=O) groups is 3. The second-order valence-corrected chi connectivity index (χ2v) is 9.07. The number of carbonyl (C=O) groups excluding carboxylic acids is 3. The third-order valence-corrected chi connectivity index (χ3v) is 6.40. The number of sulfonamides is 1. The quantitative estimate of drug-likeness (QED) is 0.625. The largest absolute Gasteiger partial charge is 0.354 e. The Labute approximate surface area is 163 Å². The third-order valence-electron chi connectivity index (χ3n) is 5.11. The van der Waals surface area contributed by atoms with Crippen LogP contribution in [0.5, 0.6) is 0 Å². The first kappa shape index (κ1) is 20.3. The lowest BCUT2D eigenvalue weighted by atomic mass is 10.1. The number of nitrogens with one attached hydrogen (secondary N) is 2. The van der Waals surface area contributed by atoms with Crippen molar-refractivity contribution >= 4 is 27.7 Å². The first-order chi connectivity index (χ1) is 13.2. The van der Waals surface area contributed by atoms with Gasteiger partial charge in [0.15, 0.2) is 0 Å². The first-order valence-corrected chi connectivity index (χ1v) is 11.0. The second-order valence-electron chi connectivity index (χ2n) is 7.14. The number of piperazine rings is 1. The van der Waals surface area contributed by atoms with Gasteiger partial charge in [0.05, 0.1) is 6.26 Å². The van der Waals surface area contributed by atoms with E-state index in [1.807, 2.05) is 0 Å². The van der Waals surface area contributed by atoms with Crippen LogP contribution >= 0.6 is 0 Å². The zero-order valence-electron chi connectivity index (χ0n) is 15.9. The molecule has 2 saturated heterocycles. The number of nitrogens with zero attached hydrogens (tertiary/aromatic N) is 3. The summed E-state index contributed by atoms with van der Waals surface area (Å²) in [5, 5.41) is 5.33.